The Morgan fingerprint density at radius 1 is 1.48 bits per heavy atom. The molecule has 0 saturated carbocycles. The SMILES string of the molecule is CN(Cc1cn[nH]c1)S(=O)(=O)c1ccc(O)c([N+](=O)[O-])c1. The first-order valence-electron chi connectivity index (χ1n) is 5.74. The van der Waals surface area contributed by atoms with E-state index in [0.29, 0.717) is 5.56 Å². The number of nitrogens with one attached hydrogen (secondary N) is 1. The van der Waals surface area contributed by atoms with Crippen molar-refractivity contribution in [1.82, 2.24) is 14.5 Å². The highest BCUT2D eigenvalue weighted by Crippen LogP contribution is 2.29. The van der Waals surface area contributed by atoms with Crippen LogP contribution < -0.4 is 0 Å². The molecule has 2 aromatic rings. The topological polar surface area (TPSA) is 129 Å². The number of rotatable bonds is 5. The number of aromatic amines is 1. The maximum Gasteiger partial charge on any atom is 0.312 e. The average molecular weight is 312 g/mol. The second kappa shape index (κ2) is 5.50. The van der Waals surface area contributed by atoms with Crippen molar-refractivity contribution in [1.29, 1.82) is 0 Å². The Morgan fingerprint density at radius 3 is 2.76 bits per heavy atom. The summed E-state index contributed by atoms with van der Waals surface area (Å²) in [6.45, 7) is 0.0630. The zero-order valence-electron chi connectivity index (χ0n) is 10.9. The Labute approximate surface area is 120 Å². The van der Waals surface area contributed by atoms with Gasteiger partial charge in [-0.2, -0.15) is 9.40 Å². The van der Waals surface area contributed by atoms with Crippen molar-refractivity contribution in [2.24, 2.45) is 0 Å². The molecule has 0 spiro atoms. The Morgan fingerprint density at radius 2 is 2.19 bits per heavy atom. The van der Waals surface area contributed by atoms with Crippen LogP contribution in [-0.2, 0) is 16.6 Å². The second-order valence-electron chi connectivity index (χ2n) is 4.28. The fraction of sp³-hybridized carbons (Fsp3) is 0.182. The lowest BCUT2D eigenvalue weighted by Crippen LogP contribution is -2.26. The van der Waals surface area contributed by atoms with Gasteiger partial charge in [0, 0.05) is 31.4 Å². The monoisotopic (exact) mass is 312 g/mol. The van der Waals surface area contributed by atoms with Gasteiger partial charge in [-0.1, -0.05) is 0 Å². The molecule has 0 bridgehead atoms. The molecule has 112 valence electrons. The predicted octanol–water partition coefficient (Wildman–Crippen LogP) is 0.844. The van der Waals surface area contributed by atoms with Crippen LogP contribution in [0.4, 0.5) is 5.69 Å². The van der Waals surface area contributed by atoms with Crippen LogP contribution in [0.3, 0.4) is 0 Å². The van der Waals surface area contributed by atoms with Gasteiger partial charge < -0.3 is 5.11 Å². The van der Waals surface area contributed by atoms with Gasteiger partial charge in [-0.05, 0) is 12.1 Å². The van der Waals surface area contributed by atoms with Crippen LogP contribution in [0.2, 0.25) is 0 Å². The fourth-order valence-electron chi connectivity index (χ4n) is 1.70. The highest BCUT2D eigenvalue weighted by molar-refractivity contribution is 7.89. The van der Waals surface area contributed by atoms with Crippen molar-refractivity contribution in [2.75, 3.05) is 7.05 Å². The number of benzene rings is 1. The van der Waals surface area contributed by atoms with E-state index in [1.165, 1.54) is 13.2 Å². The number of phenols is 1. The highest BCUT2D eigenvalue weighted by atomic mass is 32.2. The van der Waals surface area contributed by atoms with E-state index in [0.717, 1.165) is 22.5 Å². The number of H-pyrrole nitrogens is 1. The van der Waals surface area contributed by atoms with E-state index < -0.39 is 26.4 Å². The Hall–Kier alpha value is -2.46. The molecule has 0 aliphatic carbocycles. The molecule has 1 aromatic carbocycles. The molecule has 1 aromatic heterocycles. The molecule has 10 heteroatoms. The number of sulfonamides is 1. The maximum absolute atomic E-state index is 12.3. The summed E-state index contributed by atoms with van der Waals surface area (Å²) in [5.74, 6) is -0.587. The average Bonchev–Trinajstić information content (AvgIpc) is 2.91. The molecule has 0 radical (unpaired) electrons. The molecule has 0 aliphatic heterocycles. The minimum Gasteiger partial charge on any atom is -0.502 e. The van der Waals surface area contributed by atoms with E-state index in [1.807, 2.05) is 0 Å². The van der Waals surface area contributed by atoms with Crippen LogP contribution in [0.15, 0.2) is 35.5 Å². The molecule has 0 atom stereocenters. The molecule has 9 nitrogen and oxygen atoms in total. The van der Waals surface area contributed by atoms with Crippen molar-refractivity contribution in [3.05, 3.63) is 46.3 Å². The Kier molecular flexibility index (Phi) is 3.91. The van der Waals surface area contributed by atoms with E-state index >= 15 is 0 Å². The minimum atomic E-state index is -3.91. The van der Waals surface area contributed by atoms with E-state index in [1.54, 1.807) is 6.20 Å². The van der Waals surface area contributed by atoms with Crippen LogP contribution >= 0.6 is 0 Å². The van der Waals surface area contributed by atoms with Gasteiger partial charge in [0.2, 0.25) is 10.0 Å². The molecule has 0 aliphatic rings. The lowest BCUT2D eigenvalue weighted by Gasteiger charge is -2.16. The lowest BCUT2D eigenvalue weighted by molar-refractivity contribution is -0.386. The summed E-state index contributed by atoms with van der Waals surface area (Å²) in [5, 5.41) is 26.4. The van der Waals surface area contributed by atoms with E-state index in [4.69, 9.17) is 0 Å². The molecular weight excluding hydrogens is 300 g/mol. The second-order valence-corrected chi connectivity index (χ2v) is 6.32. The normalized spacial score (nSPS) is 11.7. The van der Waals surface area contributed by atoms with Crippen molar-refractivity contribution in [2.45, 2.75) is 11.4 Å². The lowest BCUT2D eigenvalue weighted by atomic mass is 10.3. The molecule has 0 unspecified atom stereocenters. The number of aromatic hydroxyl groups is 1. The van der Waals surface area contributed by atoms with Crippen LogP contribution in [-0.4, -0.2) is 40.0 Å². The largest absolute Gasteiger partial charge is 0.502 e. The summed E-state index contributed by atoms with van der Waals surface area (Å²) < 4.78 is 25.7. The Bertz CT molecular complexity index is 757. The van der Waals surface area contributed by atoms with Crippen LogP contribution in [0.5, 0.6) is 5.75 Å². The van der Waals surface area contributed by atoms with E-state index in [9.17, 15) is 23.6 Å². The summed E-state index contributed by atoms with van der Waals surface area (Å²) in [6.07, 6.45) is 3.02. The predicted molar refractivity (Wildman–Crippen MR) is 72.0 cm³/mol. The number of hydrogen-bond acceptors (Lipinski definition) is 6. The van der Waals surface area contributed by atoms with Crippen LogP contribution in [0, 0.1) is 10.1 Å². The van der Waals surface area contributed by atoms with Gasteiger partial charge in [0.1, 0.15) is 0 Å². The summed E-state index contributed by atoms with van der Waals surface area (Å²) >= 11 is 0. The van der Waals surface area contributed by atoms with Gasteiger partial charge in [-0.25, -0.2) is 8.42 Å². The van der Waals surface area contributed by atoms with Gasteiger partial charge in [0.25, 0.3) is 0 Å². The molecule has 2 rings (SSSR count). The number of nitro groups is 1. The molecule has 0 fully saturated rings. The maximum atomic E-state index is 12.3. The number of nitrogens with zero attached hydrogens (tertiary/aromatic N) is 3. The first-order chi connectivity index (χ1) is 9.82. The van der Waals surface area contributed by atoms with Gasteiger partial charge in [-0.15, -0.1) is 0 Å². The quantitative estimate of drug-likeness (QED) is 0.621. The summed E-state index contributed by atoms with van der Waals surface area (Å²) in [5.41, 5.74) is -0.0119. The van der Waals surface area contributed by atoms with Crippen LogP contribution in [0.1, 0.15) is 5.56 Å². The van der Waals surface area contributed by atoms with Gasteiger partial charge >= 0.3 is 5.69 Å². The molecule has 0 saturated heterocycles. The molecular formula is C11H12N4O5S. The van der Waals surface area contributed by atoms with Gasteiger partial charge in [0.05, 0.1) is 16.0 Å². The number of nitro benzene ring substituents is 1. The third-order valence-corrected chi connectivity index (χ3v) is 4.61. The minimum absolute atomic E-state index is 0.0630. The number of phenolic OH excluding ortho intramolecular Hbond substituents is 1. The molecule has 2 N–H and O–H groups in total. The zero-order valence-corrected chi connectivity index (χ0v) is 11.7. The van der Waals surface area contributed by atoms with Crippen molar-refractivity contribution < 1.29 is 18.4 Å². The smallest absolute Gasteiger partial charge is 0.312 e. The highest BCUT2D eigenvalue weighted by Gasteiger charge is 2.25. The number of hydrogen-bond donors (Lipinski definition) is 2. The number of aromatic nitrogens is 2. The summed E-state index contributed by atoms with van der Waals surface area (Å²) in [4.78, 5) is 9.64. The first-order valence-corrected chi connectivity index (χ1v) is 7.18. The van der Waals surface area contributed by atoms with E-state index in [-0.39, 0.29) is 11.4 Å². The molecule has 0 amide bonds. The van der Waals surface area contributed by atoms with Crippen molar-refractivity contribution in [3.63, 3.8) is 0 Å². The van der Waals surface area contributed by atoms with Gasteiger partial charge in [-0.3, -0.25) is 15.2 Å². The Balaban J connectivity index is 2.35. The standard InChI is InChI=1S/C11H12N4O5S/c1-14(7-8-5-12-13-6-8)21(19,20)9-2-3-11(16)10(4-9)15(17)18/h2-6,16H,7H2,1H3,(H,12,13). The van der Waals surface area contributed by atoms with E-state index in [2.05, 4.69) is 10.2 Å². The first kappa shape index (κ1) is 14.9. The zero-order chi connectivity index (χ0) is 15.6. The van der Waals surface area contributed by atoms with Crippen molar-refractivity contribution in [3.8, 4) is 5.75 Å². The third kappa shape index (κ3) is 3.01. The summed E-state index contributed by atoms with van der Waals surface area (Å²) in [6, 6.07) is 2.93. The van der Waals surface area contributed by atoms with Crippen molar-refractivity contribution >= 4 is 15.7 Å². The summed E-state index contributed by atoms with van der Waals surface area (Å²) in [7, 11) is -2.56. The molecule has 21 heavy (non-hydrogen) atoms. The van der Waals surface area contributed by atoms with Gasteiger partial charge in [0.15, 0.2) is 5.75 Å². The third-order valence-electron chi connectivity index (χ3n) is 2.81. The molecule has 1 heterocycles. The van der Waals surface area contributed by atoms with Crippen LogP contribution in [0.25, 0.3) is 0 Å². The fourth-order valence-corrected chi connectivity index (χ4v) is 2.88.